The van der Waals surface area contributed by atoms with E-state index in [2.05, 4.69) is 24.3 Å². The fourth-order valence-corrected chi connectivity index (χ4v) is 8.40. The van der Waals surface area contributed by atoms with E-state index in [9.17, 15) is 35.1 Å². The molecule has 0 heterocycles. The first-order valence-corrected chi connectivity index (χ1v) is 21.1. The van der Waals surface area contributed by atoms with Crippen LogP contribution in [0.2, 0.25) is 0 Å². The molecule has 7 aromatic rings. The van der Waals surface area contributed by atoms with Crippen molar-refractivity contribution in [1.29, 1.82) is 0 Å². The molecule has 9 rings (SSSR count). The molecule has 0 aromatic heterocycles. The highest BCUT2D eigenvalue weighted by molar-refractivity contribution is 5.71. The number of halogens is 8. The average Bonchev–Trinajstić information content (AvgIpc) is 3.31. The third-order valence-electron chi connectivity index (χ3n) is 11.8. The van der Waals surface area contributed by atoms with Crippen molar-refractivity contribution < 1.29 is 35.1 Å². The molecular formula is C54H46F8. The van der Waals surface area contributed by atoms with Crippen LogP contribution in [0.5, 0.6) is 0 Å². The minimum Gasteiger partial charge on any atom is -0.207 e. The second kappa shape index (κ2) is 20.7. The zero-order chi connectivity index (χ0) is 43.6. The summed E-state index contributed by atoms with van der Waals surface area (Å²) < 4.78 is 106. The first-order chi connectivity index (χ1) is 30.0. The lowest BCUT2D eigenvalue weighted by Gasteiger charge is -2.22. The van der Waals surface area contributed by atoms with Crippen LogP contribution < -0.4 is 0 Å². The lowest BCUT2D eigenvalue weighted by molar-refractivity contribution is 0.443. The summed E-state index contributed by atoms with van der Waals surface area (Å²) in [4.78, 5) is 0. The van der Waals surface area contributed by atoms with E-state index in [1.807, 2.05) is 66.7 Å². The Morgan fingerprint density at radius 3 is 1.08 bits per heavy atom. The SMILES string of the molecule is Fc1cc(-c2ccc(C3CCCCC3)cc2)cc(F)c1F.Fc1cc(-c2ccccc2)ccc1-c1cc(F)c(F)c(F)c1.Fc1ccc(-c2ccc(C3CCCCC3)cc2)cc1. The Morgan fingerprint density at radius 1 is 0.290 bits per heavy atom. The van der Waals surface area contributed by atoms with Gasteiger partial charge in [-0.1, -0.05) is 142 Å². The zero-order valence-electron chi connectivity index (χ0n) is 34.1. The van der Waals surface area contributed by atoms with Crippen molar-refractivity contribution in [2.75, 3.05) is 0 Å². The van der Waals surface area contributed by atoms with E-state index in [-0.39, 0.29) is 16.9 Å². The molecule has 0 aliphatic heterocycles. The fourth-order valence-electron chi connectivity index (χ4n) is 8.40. The third-order valence-corrected chi connectivity index (χ3v) is 11.8. The van der Waals surface area contributed by atoms with Crippen LogP contribution in [0.15, 0.2) is 146 Å². The Morgan fingerprint density at radius 2 is 0.645 bits per heavy atom. The second-order valence-corrected chi connectivity index (χ2v) is 16.0. The van der Waals surface area contributed by atoms with Gasteiger partial charge in [-0.05, 0) is 130 Å². The first-order valence-electron chi connectivity index (χ1n) is 21.1. The summed E-state index contributed by atoms with van der Waals surface area (Å²) >= 11 is 0. The smallest absolute Gasteiger partial charge is 0.194 e. The van der Waals surface area contributed by atoms with Crippen molar-refractivity contribution in [3.05, 3.63) is 203 Å². The summed E-state index contributed by atoms with van der Waals surface area (Å²) in [6.45, 7) is 0. The molecule has 0 nitrogen and oxygen atoms in total. The Kier molecular flexibility index (Phi) is 14.7. The predicted octanol–water partition coefficient (Wildman–Crippen LogP) is 16.9. The van der Waals surface area contributed by atoms with Gasteiger partial charge < -0.3 is 0 Å². The van der Waals surface area contributed by atoms with Crippen molar-refractivity contribution in [3.63, 3.8) is 0 Å². The van der Waals surface area contributed by atoms with E-state index in [4.69, 9.17) is 0 Å². The Balaban J connectivity index is 0.000000140. The van der Waals surface area contributed by atoms with Gasteiger partial charge in [0, 0.05) is 5.56 Å². The van der Waals surface area contributed by atoms with Crippen LogP contribution >= 0.6 is 0 Å². The monoisotopic (exact) mass is 846 g/mol. The Hall–Kier alpha value is -6.02. The van der Waals surface area contributed by atoms with Crippen molar-refractivity contribution in [3.8, 4) is 44.5 Å². The largest absolute Gasteiger partial charge is 0.207 e. The zero-order valence-corrected chi connectivity index (χ0v) is 34.1. The molecule has 0 bridgehead atoms. The van der Waals surface area contributed by atoms with Crippen molar-refractivity contribution in [2.24, 2.45) is 0 Å². The van der Waals surface area contributed by atoms with Gasteiger partial charge in [0.25, 0.3) is 0 Å². The lowest BCUT2D eigenvalue weighted by atomic mass is 9.84. The molecule has 62 heavy (non-hydrogen) atoms. The van der Waals surface area contributed by atoms with E-state index in [0.29, 0.717) is 22.6 Å². The van der Waals surface area contributed by atoms with Crippen LogP contribution in [0.4, 0.5) is 35.1 Å². The molecule has 318 valence electrons. The summed E-state index contributed by atoms with van der Waals surface area (Å²) in [6, 6.07) is 40.4. The number of rotatable bonds is 6. The molecule has 2 saturated carbocycles. The summed E-state index contributed by atoms with van der Waals surface area (Å²) in [5.74, 6) is -7.45. The van der Waals surface area contributed by atoms with Crippen molar-refractivity contribution in [2.45, 2.75) is 76.0 Å². The Bertz CT molecular complexity index is 2490. The van der Waals surface area contributed by atoms with Gasteiger partial charge in [-0.2, -0.15) is 0 Å². The predicted molar refractivity (Wildman–Crippen MR) is 232 cm³/mol. The highest BCUT2D eigenvalue weighted by Crippen LogP contribution is 2.36. The van der Waals surface area contributed by atoms with E-state index in [0.717, 1.165) is 41.3 Å². The van der Waals surface area contributed by atoms with Crippen LogP contribution in [0.1, 0.15) is 87.2 Å². The van der Waals surface area contributed by atoms with Gasteiger partial charge in [0.05, 0.1) is 0 Å². The minimum absolute atomic E-state index is 0.0116. The molecule has 2 aliphatic carbocycles. The molecule has 0 radical (unpaired) electrons. The quantitative estimate of drug-likeness (QED) is 0.116. The van der Waals surface area contributed by atoms with Gasteiger partial charge >= 0.3 is 0 Å². The summed E-state index contributed by atoms with van der Waals surface area (Å²) in [5.41, 5.74) is 7.48. The molecule has 0 unspecified atom stereocenters. The normalized spacial score (nSPS) is 14.3. The minimum atomic E-state index is -1.56. The van der Waals surface area contributed by atoms with Crippen molar-refractivity contribution in [1.82, 2.24) is 0 Å². The highest BCUT2D eigenvalue weighted by Gasteiger charge is 2.18. The molecule has 0 atom stereocenters. The van der Waals surface area contributed by atoms with Crippen LogP contribution in [-0.4, -0.2) is 0 Å². The van der Waals surface area contributed by atoms with Gasteiger partial charge in [0.2, 0.25) is 0 Å². The number of hydrogen-bond donors (Lipinski definition) is 0. The van der Waals surface area contributed by atoms with Crippen LogP contribution in [-0.2, 0) is 0 Å². The molecule has 0 saturated heterocycles. The third kappa shape index (κ3) is 11.1. The lowest BCUT2D eigenvalue weighted by Crippen LogP contribution is -2.04. The highest BCUT2D eigenvalue weighted by atomic mass is 19.2. The van der Waals surface area contributed by atoms with Gasteiger partial charge in [0.15, 0.2) is 34.9 Å². The molecule has 8 heteroatoms. The molecule has 0 spiro atoms. The molecule has 2 fully saturated rings. The van der Waals surface area contributed by atoms with Crippen LogP contribution in [0.25, 0.3) is 44.5 Å². The second-order valence-electron chi connectivity index (χ2n) is 16.0. The fraction of sp³-hybridized carbons (Fsp3) is 0.222. The maximum absolute atomic E-state index is 14.2. The van der Waals surface area contributed by atoms with Gasteiger partial charge in [-0.25, -0.2) is 35.1 Å². The standard InChI is InChI=1S/C18H10F4.C18H17F3.C18H19F/c19-15-8-12(11-4-2-1-3-5-11)6-7-14(15)13-9-16(20)18(22)17(21)10-13;19-16-10-15(11-17(20)18(16)21)14-8-6-13(7-9-14)12-4-2-1-3-5-12;19-18-12-10-17(11-13-18)16-8-6-15(7-9-16)14-4-2-1-3-5-14/h1-10H;6-12H,1-5H2;6-14H,1-5H2. The Labute approximate surface area is 357 Å². The summed E-state index contributed by atoms with van der Waals surface area (Å²) in [5, 5.41) is 0. The molecular weight excluding hydrogens is 801 g/mol. The summed E-state index contributed by atoms with van der Waals surface area (Å²) in [6.07, 6.45) is 13.0. The number of benzene rings is 7. The molecule has 2 aliphatic rings. The molecule has 7 aromatic carbocycles. The van der Waals surface area contributed by atoms with Gasteiger partial charge in [-0.3, -0.25) is 0 Å². The maximum atomic E-state index is 14.2. The van der Waals surface area contributed by atoms with E-state index in [1.165, 1.54) is 105 Å². The van der Waals surface area contributed by atoms with Crippen LogP contribution in [0.3, 0.4) is 0 Å². The first kappa shape index (κ1) is 44.0. The maximum Gasteiger partial charge on any atom is 0.194 e. The number of hydrogen-bond acceptors (Lipinski definition) is 0. The topological polar surface area (TPSA) is 0 Å². The van der Waals surface area contributed by atoms with Gasteiger partial charge in [-0.15, -0.1) is 0 Å². The van der Waals surface area contributed by atoms with E-state index in [1.54, 1.807) is 6.07 Å². The summed E-state index contributed by atoms with van der Waals surface area (Å²) in [7, 11) is 0. The van der Waals surface area contributed by atoms with Crippen molar-refractivity contribution >= 4 is 0 Å². The van der Waals surface area contributed by atoms with Crippen LogP contribution in [0, 0.1) is 46.5 Å². The van der Waals surface area contributed by atoms with Gasteiger partial charge in [0.1, 0.15) is 11.6 Å². The molecule has 0 amide bonds. The average molecular weight is 847 g/mol. The molecule has 0 N–H and O–H groups in total. The van der Waals surface area contributed by atoms with E-state index >= 15 is 0 Å². The van der Waals surface area contributed by atoms with E-state index < -0.39 is 40.7 Å².